The van der Waals surface area contributed by atoms with Gasteiger partial charge in [-0.1, -0.05) is 0 Å². The number of amides is 1. The highest BCUT2D eigenvalue weighted by molar-refractivity contribution is 5.93. The molecule has 1 unspecified atom stereocenters. The molecule has 0 saturated carbocycles. The van der Waals surface area contributed by atoms with Crippen molar-refractivity contribution in [1.29, 1.82) is 0 Å². The Morgan fingerprint density at radius 2 is 2.50 bits per heavy atom. The highest BCUT2D eigenvalue weighted by Gasteiger charge is 2.15. The molecule has 1 amide bonds. The lowest BCUT2D eigenvalue weighted by Crippen LogP contribution is -2.25. The predicted molar refractivity (Wildman–Crippen MR) is 65.4 cm³/mol. The quantitative estimate of drug-likeness (QED) is 0.747. The van der Waals surface area contributed by atoms with E-state index in [2.05, 4.69) is 5.32 Å². The molecule has 1 aliphatic rings. The van der Waals surface area contributed by atoms with E-state index in [1.807, 2.05) is 0 Å². The van der Waals surface area contributed by atoms with Gasteiger partial charge in [0.1, 0.15) is 6.26 Å². The summed E-state index contributed by atoms with van der Waals surface area (Å²) in [5.74, 6) is 0.443. The number of ether oxygens (including phenoxy) is 2. The predicted octanol–water partition coefficient (Wildman–Crippen LogP) is 1.45. The number of hydrogen-bond donors (Lipinski definition) is 1. The molecule has 1 aromatic rings. The van der Waals surface area contributed by atoms with Crippen LogP contribution < -0.4 is 5.32 Å². The Morgan fingerprint density at radius 1 is 1.56 bits per heavy atom. The fraction of sp³-hybridized carbons (Fsp3) is 0.615. The molecule has 5 heteroatoms. The van der Waals surface area contributed by atoms with E-state index in [4.69, 9.17) is 13.9 Å². The van der Waals surface area contributed by atoms with Crippen molar-refractivity contribution >= 4 is 5.91 Å². The zero-order valence-corrected chi connectivity index (χ0v) is 10.4. The second kappa shape index (κ2) is 7.18. The van der Waals surface area contributed by atoms with Gasteiger partial charge < -0.3 is 19.2 Å². The van der Waals surface area contributed by atoms with Crippen LogP contribution >= 0.6 is 0 Å². The first-order valence-corrected chi connectivity index (χ1v) is 6.32. The second-order valence-electron chi connectivity index (χ2n) is 4.43. The van der Waals surface area contributed by atoms with E-state index in [1.165, 1.54) is 12.5 Å². The fourth-order valence-electron chi connectivity index (χ4n) is 1.84. The van der Waals surface area contributed by atoms with Gasteiger partial charge >= 0.3 is 0 Å². The van der Waals surface area contributed by atoms with Gasteiger partial charge in [0.25, 0.3) is 5.91 Å². The summed E-state index contributed by atoms with van der Waals surface area (Å²) in [4.78, 5) is 11.5. The Labute approximate surface area is 106 Å². The molecule has 0 aliphatic carbocycles. The summed E-state index contributed by atoms with van der Waals surface area (Å²) < 4.78 is 15.6. The molecule has 2 rings (SSSR count). The Morgan fingerprint density at radius 3 is 3.22 bits per heavy atom. The van der Waals surface area contributed by atoms with Crippen LogP contribution in [-0.2, 0) is 9.47 Å². The molecule has 1 saturated heterocycles. The zero-order chi connectivity index (χ0) is 12.6. The second-order valence-corrected chi connectivity index (χ2v) is 4.43. The maximum absolute atomic E-state index is 11.5. The highest BCUT2D eigenvalue weighted by atomic mass is 16.5. The molecular weight excluding hydrogens is 234 g/mol. The molecule has 0 bridgehead atoms. The average Bonchev–Trinajstić information content (AvgIpc) is 3.05. The first-order valence-electron chi connectivity index (χ1n) is 6.32. The van der Waals surface area contributed by atoms with E-state index in [0.29, 0.717) is 24.6 Å². The van der Waals surface area contributed by atoms with E-state index < -0.39 is 0 Å². The lowest BCUT2D eigenvalue weighted by Gasteiger charge is -2.08. The molecule has 1 fully saturated rings. The summed E-state index contributed by atoms with van der Waals surface area (Å²) in [6.07, 6.45) is 4.84. The van der Waals surface area contributed by atoms with Crippen LogP contribution in [0.3, 0.4) is 0 Å². The normalized spacial score (nSPS) is 19.0. The van der Waals surface area contributed by atoms with Crippen molar-refractivity contribution in [2.75, 3.05) is 33.0 Å². The highest BCUT2D eigenvalue weighted by Crippen LogP contribution is 2.12. The van der Waals surface area contributed by atoms with Gasteiger partial charge in [0, 0.05) is 25.7 Å². The first kappa shape index (κ1) is 13.1. The Kier molecular flexibility index (Phi) is 5.23. The van der Waals surface area contributed by atoms with E-state index in [0.717, 1.165) is 32.7 Å². The van der Waals surface area contributed by atoms with Crippen molar-refractivity contribution < 1.29 is 18.7 Å². The van der Waals surface area contributed by atoms with Crippen molar-refractivity contribution in [3.63, 3.8) is 0 Å². The van der Waals surface area contributed by atoms with Crippen molar-refractivity contribution in [2.45, 2.75) is 12.8 Å². The van der Waals surface area contributed by atoms with Gasteiger partial charge in [0.2, 0.25) is 0 Å². The fourth-order valence-corrected chi connectivity index (χ4v) is 1.84. The molecule has 1 aromatic heterocycles. The molecule has 1 N–H and O–H groups in total. The molecule has 1 aliphatic heterocycles. The number of nitrogens with one attached hydrogen (secondary N) is 1. The minimum absolute atomic E-state index is 0.104. The van der Waals surface area contributed by atoms with Crippen LogP contribution in [0.4, 0.5) is 0 Å². The minimum Gasteiger partial charge on any atom is -0.472 e. The number of carbonyl (C=O) groups excluding carboxylic acids is 1. The topological polar surface area (TPSA) is 60.7 Å². The number of hydrogen-bond acceptors (Lipinski definition) is 4. The Balaban J connectivity index is 1.47. The Bertz CT molecular complexity index is 344. The SMILES string of the molecule is O=C(NCCCOCC1CCOC1)c1ccoc1. The van der Waals surface area contributed by atoms with Crippen molar-refractivity contribution in [1.82, 2.24) is 5.32 Å². The Hall–Kier alpha value is -1.33. The first-order chi connectivity index (χ1) is 8.86. The van der Waals surface area contributed by atoms with Gasteiger partial charge in [-0.2, -0.15) is 0 Å². The van der Waals surface area contributed by atoms with Crippen molar-refractivity contribution in [2.24, 2.45) is 5.92 Å². The summed E-state index contributed by atoms with van der Waals surface area (Å²) in [6, 6.07) is 1.64. The van der Waals surface area contributed by atoms with Crippen LogP contribution in [-0.4, -0.2) is 38.9 Å². The third-order valence-electron chi connectivity index (χ3n) is 2.91. The molecule has 1 atom stereocenters. The van der Waals surface area contributed by atoms with Crippen molar-refractivity contribution in [3.8, 4) is 0 Å². The van der Waals surface area contributed by atoms with Crippen LogP contribution in [0.2, 0.25) is 0 Å². The largest absolute Gasteiger partial charge is 0.472 e. The smallest absolute Gasteiger partial charge is 0.254 e. The summed E-state index contributed by atoms with van der Waals surface area (Å²) in [5, 5.41) is 2.81. The maximum Gasteiger partial charge on any atom is 0.254 e. The van der Waals surface area contributed by atoms with E-state index >= 15 is 0 Å². The van der Waals surface area contributed by atoms with Crippen LogP contribution in [0.25, 0.3) is 0 Å². The standard InChI is InChI=1S/C13H19NO4/c15-13(12-3-7-18-10-12)14-4-1-5-16-8-11-2-6-17-9-11/h3,7,10-11H,1-2,4-6,8-9H2,(H,14,15). The molecular formula is C13H19NO4. The summed E-state index contributed by atoms with van der Waals surface area (Å²) in [5.41, 5.74) is 0.555. The third kappa shape index (κ3) is 4.16. The minimum atomic E-state index is -0.104. The molecule has 0 aromatic carbocycles. The lowest BCUT2D eigenvalue weighted by molar-refractivity contribution is 0.0853. The van der Waals surface area contributed by atoms with Gasteiger partial charge in [-0.3, -0.25) is 4.79 Å². The molecule has 0 spiro atoms. The van der Waals surface area contributed by atoms with Gasteiger partial charge in [0.05, 0.1) is 25.0 Å². The molecule has 2 heterocycles. The maximum atomic E-state index is 11.5. The summed E-state index contributed by atoms with van der Waals surface area (Å²) in [7, 11) is 0. The van der Waals surface area contributed by atoms with E-state index in [-0.39, 0.29) is 5.91 Å². The molecule has 0 radical (unpaired) electrons. The molecule has 100 valence electrons. The van der Waals surface area contributed by atoms with Gasteiger partial charge in [-0.05, 0) is 18.9 Å². The van der Waals surface area contributed by atoms with Crippen LogP contribution in [0.15, 0.2) is 23.0 Å². The third-order valence-corrected chi connectivity index (χ3v) is 2.91. The molecule has 18 heavy (non-hydrogen) atoms. The van der Waals surface area contributed by atoms with E-state index in [9.17, 15) is 4.79 Å². The summed E-state index contributed by atoms with van der Waals surface area (Å²) in [6.45, 7) is 3.72. The zero-order valence-electron chi connectivity index (χ0n) is 10.4. The van der Waals surface area contributed by atoms with Crippen molar-refractivity contribution in [3.05, 3.63) is 24.2 Å². The van der Waals surface area contributed by atoms with Crippen LogP contribution in [0.5, 0.6) is 0 Å². The van der Waals surface area contributed by atoms with Crippen LogP contribution in [0.1, 0.15) is 23.2 Å². The van der Waals surface area contributed by atoms with E-state index in [1.54, 1.807) is 6.07 Å². The van der Waals surface area contributed by atoms with Gasteiger partial charge in [-0.15, -0.1) is 0 Å². The number of furan rings is 1. The monoisotopic (exact) mass is 253 g/mol. The van der Waals surface area contributed by atoms with Gasteiger partial charge in [0.15, 0.2) is 0 Å². The summed E-state index contributed by atoms with van der Waals surface area (Å²) >= 11 is 0. The number of carbonyl (C=O) groups is 1. The molecule has 5 nitrogen and oxygen atoms in total. The van der Waals surface area contributed by atoms with Crippen LogP contribution in [0, 0.1) is 5.92 Å². The lowest BCUT2D eigenvalue weighted by atomic mass is 10.1. The number of rotatable bonds is 7. The average molecular weight is 253 g/mol. The van der Waals surface area contributed by atoms with Gasteiger partial charge in [-0.25, -0.2) is 0 Å².